The molecule has 1 saturated heterocycles. The van der Waals surface area contributed by atoms with E-state index in [0.29, 0.717) is 13.1 Å². The number of ether oxygens (including phenoxy) is 2. The lowest BCUT2D eigenvalue weighted by molar-refractivity contribution is -0.122. The number of rotatable bonds is 3. The van der Waals surface area contributed by atoms with Crippen LogP contribution in [0.5, 0.6) is 0 Å². The van der Waals surface area contributed by atoms with Crippen LogP contribution in [0.15, 0.2) is 0 Å². The first kappa shape index (κ1) is 15.0. The minimum atomic E-state index is -0.462. The number of hydrogen-bond donors (Lipinski definition) is 0. The van der Waals surface area contributed by atoms with Crippen LogP contribution >= 0.6 is 0 Å². The van der Waals surface area contributed by atoms with Crippen LogP contribution in [0.1, 0.15) is 40.5 Å². The molecule has 1 rings (SSSR count). The van der Waals surface area contributed by atoms with Gasteiger partial charge < -0.3 is 19.2 Å². The molecule has 104 valence electrons. The van der Waals surface area contributed by atoms with Gasteiger partial charge in [0.05, 0.1) is 6.10 Å². The SMILES string of the molecule is C[C@@H](C=O)OC1CCN(C(=O)OC(C)(C)C)CC1. The fourth-order valence-electron chi connectivity index (χ4n) is 1.84. The second kappa shape index (κ2) is 6.18. The predicted molar refractivity (Wildman–Crippen MR) is 67.4 cm³/mol. The first-order valence-corrected chi connectivity index (χ1v) is 6.40. The van der Waals surface area contributed by atoms with E-state index in [1.807, 2.05) is 20.8 Å². The normalized spacial score (nSPS) is 19.4. The number of carbonyl (C=O) groups excluding carboxylic acids is 2. The number of nitrogens with zero attached hydrogens (tertiary/aromatic N) is 1. The van der Waals surface area contributed by atoms with Gasteiger partial charge in [0.15, 0.2) is 0 Å². The van der Waals surface area contributed by atoms with Gasteiger partial charge in [-0.25, -0.2) is 4.79 Å². The summed E-state index contributed by atoms with van der Waals surface area (Å²) in [5.74, 6) is 0. The Morgan fingerprint density at radius 2 is 1.89 bits per heavy atom. The molecule has 0 saturated carbocycles. The molecule has 0 aromatic heterocycles. The number of hydrogen-bond acceptors (Lipinski definition) is 4. The average Bonchev–Trinajstić information content (AvgIpc) is 2.27. The Bertz CT molecular complexity index is 290. The van der Waals surface area contributed by atoms with E-state index >= 15 is 0 Å². The van der Waals surface area contributed by atoms with E-state index in [1.165, 1.54) is 0 Å². The molecular formula is C13H23NO4. The van der Waals surface area contributed by atoms with E-state index in [4.69, 9.17) is 9.47 Å². The van der Waals surface area contributed by atoms with Gasteiger partial charge in [-0.3, -0.25) is 0 Å². The number of carbonyl (C=O) groups is 2. The molecule has 5 heteroatoms. The standard InChI is InChI=1S/C13H23NO4/c1-10(9-15)17-11-5-7-14(8-6-11)12(16)18-13(2,3)4/h9-11H,5-8H2,1-4H3/t10-/m0/s1. The number of likely N-dealkylation sites (tertiary alicyclic amines) is 1. The molecule has 0 spiro atoms. The maximum atomic E-state index is 11.8. The van der Waals surface area contributed by atoms with E-state index < -0.39 is 5.60 Å². The molecule has 1 amide bonds. The van der Waals surface area contributed by atoms with Crippen LogP contribution in [0.25, 0.3) is 0 Å². The van der Waals surface area contributed by atoms with Gasteiger partial charge in [-0.15, -0.1) is 0 Å². The van der Waals surface area contributed by atoms with Crippen LogP contribution < -0.4 is 0 Å². The number of piperidine rings is 1. The van der Waals surface area contributed by atoms with E-state index in [1.54, 1.807) is 11.8 Å². The summed E-state index contributed by atoms with van der Waals surface area (Å²) >= 11 is 0. The predicted octanol–water partition coefficient (Wildman–Crippen LogP) is 1.99. The van der Waals surface area contributed by atoms with Crippen molar-refractivity contribution in [1.82, 2.24) is 4.90 Å². The lowest BCUT2D eigenvalue weighted by Crippen LogP contribution is -2.44. The Morgan fingerprint density at radius 1 is 1.33 bits per heavy atom. The minimum Gasteiger partial charge on any atom is -0.444 e. The Morgan fingerprint density at radius 3 is 2.33 bits per heavy atom. The Kier molecular flexibility index (Phi) is 5.14. The highest BCUT2D eigenvalue weighted by Gasteiger charge is 2.27. The zero-order valence-corrected chi connectivity index (χ0v) is 11.6. The van der Waals surface area contributed by atoms with Gasteiger partial charge >= 0.3 is 6.09 Å². The Labute approximate surface area is 108 Å². The summed E-state index contributed by atoms with van der Waals surface area (Å²) in [5.41, 5.74) is -0.462. The fraction of sp³-hybridized carbons (Fsp3) is 0.846. The largest absolute Gasteiger partial charge is 0.444 e. The molecule has 0 unspecified atom stereocenters. The van der Waals surface area contributed by atoms with Gasteiger partial charge in [0.25, 0.3) is 0 Å². The van der Waals surface area contributed by atoms with Crippen molar-refractivity contribution in [2.24, 2.45) is 0 Å². The van der Waals surface area contributed by atoms with Crippen molar-refractivity contribution in [3.05, 3.63) is 0 Å². The lowest BCUT2D eigenvalue weighted by Gasteiger charge is -2.33. The molecule has 0 aromatic rings. The summed E-state index contributed by atoms with van der Waals surface area (Å²) in [6.07, 6.45) is 1.70. The fourth-order valence-corrected chi connectivity index (χ4v) is 1.84. The molecule has 0 aliphatic carbocycles. The van der Waals surface area contributed by atoms with Gasteiger partial charge in [0.1, 0.15) is 18.0 Å². The third kappa shape index (κ3) is 5.04. The maximum Gasteiger partial charge on any atom is 0.410 e. The van der Waals surface area contributed by atoms with Gasteiger partial charge in [0, 0.05) is 13.1 Å². The van der Waals surface area contributed by atoms with Crippen LogP contribution in [-0.2, 0) is 14.3 Å². The summed E-state index contributed by atoms with van der Waals surface area (Å²) in [5, 5.41) is 0. The third-order valence-corrected chi connectivity index (χ3v) is 2.69. The first-order valence-electron chi connectivity index (χ1n) is 6.40. The van der Waals surface area contributed by atoms with Crippen LogP contribution in [0.2, 0.25) is 0 Å². The molecule has 1 aliphatic heterocycles. The smallest absolute Gasteiger partial charge is 0.410 e. The number of amides is 1. The molecule has 1 aliphatic rings. The summed E-state index contributed by atoms with van der Waals surface area (Å²) < 4.78 is 10.8. The first-order chi connectivity index (χ1) is 8.31. The highest BCUT2D eigenvalue weighted by atomic mass is 16.6. The second-order valence-electron chi connectivity index (χ2n) is 5.64. The van der Waals surface area contributed by atoms with E-state index in [2.05, 4.69) is 0 Å². The molecule has 0 radical (unpaired) electrons. The summed E-state index contributed by atoms with van der Waals surface area (Å²) in [4.78, 5) is 24.0. The maximum absolute atomic E-state index is 11.8. The van der Waals surface area contributed by atoms with E-state index in [0.717, 1.165) is 19.1 Å². The van der Waals surface area contributed by atoms with Crippen molar-refractivity contribution in [1.29, 1.82) is 0 Å². The topological polar surface area (TPSA) is 55.8 Å². The van der Waals surface area contributed by atoms with Crippen molar-refractivity contribution >= 4 is 12.4 Å². The summed E-state index contributed by atoms with van der Waals surface area (Å²) in [7, 11) is 0. The van der Waals surface area contributed by atoms with Crippen molar-refractivity contribution < 1.29 is 19.1 Å². The minimum absolute atomic E-state index is 0.0592. The second-order valence-corrected chi connectivity index (χ2v) is 5.64. The van der Waals surface area contributed by atoms with E-state index in [-0.39, 0.29) is 18.3 Å². The van der Waals surface area contributed by atoms with Gasteiger partial charge in [-0.1, -0.05) is 0 Å². The molecule has 1 atom stereocenters. The van der Waals surface area contributed by atoms with Crippen LogP contribution in [0.4, 0.5) is 4.79 Å². The van der Waals surface area contributed by atoms with Crippen molar-refractivity contribution in [2.75, 3.05) is 13.1 Å². The van der Waals surface area contributed by atoms with Gasteiger partial charge in [-0.2, -0.15) is 0 Å². The number of aldehydes is 1. The van der Waals surface area contributed by atoms with Crippen LogP contribution in [-0.4, -0.2) is 48.2 Å². The van der Waals surface area contributed by atoms with E-state index in [9.17, 15) is 9.59 Å². The quantitative estimate of drug-likeness (QED) is 0.725. The summed E-state index contributed by atoms with van der Waals surface area (Å²) in [6.45, 7) is 8.52. The van der Waals surface area contributed by atoms with Gasteiger partial charge in [0.2, 0.25) is 0 Å². The van der Waals surface area contributed by atoms with Crippen LogP contribution in [0, 0.1) is 0 Å². The monoisotopic (exact) mass is 257 g/mol. The molecule has 0 aromatic carbocycles. The summed E-state index contributed by atoms with van der Waals surface area (Å²) in [6, 6.07) is 0. The van der Waals surface area contributed by atoms with Crippen LogP contribution in [0.3, 0.4) is 0 Å². The molecule has 0 bridgehead atoms. The lowest BCUT2D eigenvalue weighted by atomic mass is 10.1. The van der Waals surface area contributed by atoms with Crippen molar-refractivity contribution in [2.45, 2.75) is 58.3 Å². The van der Waals surface area contributed by atoms with Gasteiger partial charge in [-0.05, 0) is 40.5 Å². The Hall–Kier alpha value is -1.10. The molecule has 0 N–H and O–H groups in total. The van der Waals surface area contributed by atoms with Crippen molar-refractivity contribution in [3.8, 4) is 0 Å². The highest BCUT2D eigenvalue weighted by Crippen LogP contribution is 2.18. The average molecular weight is 257 g/mol. The zero-order chi connectivity index (χ0) is 13.8. The molecule has 1 heterocycles. The third-order valence-electron chi connectivity index (χ3n) is 2.69. The molecule has 5 nitrogen and oxygen atoms in total. The highest BCUT2D eigenvalue weighted by molar-refractivity contribution is 5.68. The molecular weight excluding hydrogens is 234 g/mol. The molecule has 18 heavy (non-hydrogen) atoms. The Balaban J connectivity index is 2.35. The molecule has 1 fully saturated rings. The zero-order valence-electron chi connectivity index (χ0n) is 11.6. The van der Waals surface area contributed by atoms with Crippen molar-refractivity contribution in [3.63, 3.8) is 0 Å².